The molecule has 240 valence electrons. The lowest BCUT2D eigenvalue weighted by Gasteiger charge is -2.38. The van der Waals surface area contributed by atoms with Crippen molar-refractivity contribution in [3.63, 3.8) is 0 Å². The van der Waals surface area contributed by atoms with E-state index in [-0.39, 0.29) is 29.2 Å². The van der Waals surface area contributed by atoms with Gasteiger partial charge < -0.3 is 10.2 Å². The largest absolute Gasteiger partial charge is 0.416 e. The minimum absolute atomic E-state index is 0.0652. The molecule has 3 aromatic carbocycles. The summed E-state index contributed by atoms with van der Waals surface area (Å²) in [6, 6.07) is 17.8. The standard InChI is InChI=1S/C34H28F4N6O3/c1-2-42-31-27(29(33(47)43-17-7-12-25(43)19-39)41-44(31)24-10-4-3-5-11-24)26(20-13-15-23(35)16-14-20)28(32(42)46)40-30(45)21-8-6-9-22(18-21)34(36,37)38/h3-6,8-11,13-16,18,25-26,28H,2,7,12,17H2,1H3,(H,40,45)/t25-,26-,28-/m0/s1. The Balaban J connectivity index is 1.57. The monoisotopic (exact) mass is 644 g/mol. The number of nitrogens with one attached hydrogen (secondary N) is 1. The lowest BCUT2D eigenvalue weighted by molar-refractivity contribution is -0.137. The molecule has 0 bridgehead atoms. The van der Waals surface area contributed by atoms with Crippen LogP contribution in [-0.4, -0.2) is 57.6 Å². The zero-order valence-corrected chi connectivity index (χ0v) is 25.0. The summed E-state index contributed by atoms with van der Waals surface area (Å²) in [7, 11) is 0. The Kier molecular flexibility index (Phi) is 8.27. The number of carbonyl (C=O) groups is 3. The molecule has 9 nitrogen and oxygen atoms in total. The zero-order valence-electron chi connectivity index (χ0n) is 25.0. The van der Waals surface area contributed by atoms with Crippen LogP contribution >= 0.6 is 0 Å². The van der Waals surface area contributed by atoms with E-state index in [1.165, 1.54) is 44.8 Å². The quantitative estimate of drug-likeness (QED) is 0.281. The van der Waals surface area contributed by atoms with Gasteiger partial charge in [0.1, 0.15) is 23.7 Å². The van der Waals surface area contributed by atoms with Crippen LogP contribution in [0.5, 0.6) is 0 Å². The van der Waals surface area contributed by atoms with Crippen LogP contribution in [0.1, 0.15) is 63.2 Å². The first-order chi connectivity index (χ1) is 22.5. The summed E-state index contributed by atoms with van der Waals surface area (Å²) in [4.78, 5) is 45.0. The second kappa shape index (κ2) is 12.4. The van der Waals surface area contributed by atoms with E-state index in [1.54, 1.807) is 37.3 Å². The number of amides is 3. The summed E-state index contributed by atoms with van der Waals surface area (Å²) in [5.74, 6) is -3.55. The molecule has 3 heterocycles. The first kappa shape index (κ1) is 31.5. The molecule has 2 aliphatic heterocycles. The number of anilines is 1. The molecular weight excluding hydrogens is 616 g/mol. The molecule has 1 aromatic heterocycles. The molecule has 47 heavy (non-hydrogen) atoms. The second-order valence-corrected chi connectivity index (χ2v) is 11.3. The lowest BCUT2D eigenvalue weighted by atomic mass is 9.80. The van der Waals surface area contributed by atoms with Crippen molar-refractivity contribution in [2.24, 2.45) is 0 Å². The second-order valence-electron chi connectivity index (χ2n) is 11.3. The van der Waals surface area contributed by atoms with E-state index in [2.05, 4.69) is 11.4 Å². The normalized spacial score (nSPS) is 19.3. The molecule has 0 radical (unpaired) electrons. The summed E-state index contributed by atoms with van der Waals surface area (Å²) in [6.07, 6.45) is -3.64. The number of alkyl halides is 3. The van der Waals surface area contributed by atoms with Crippen LogP contribution in [0.3, 0.4) is 0 Å². The van der Waals surface area contributed by atoms with E-state index in [0.29, 0.717) is 36.7 Å². The number of rotatable bonds is 6. The maximum atomic E-state index is 14.4. The number of hydrogen-bond acceptors (Lipinski definition) is 5. The van der Waals surface area contributed by atoms with Gasteiger partial charge in [-0.15, -0.1) is 0 Å². The number of benzene rings is 3. The molecule has 1 saturated heterocycles. The molecule has 3 amide bonds. The molecule has 4 aromatic rings. The molecular formula is C34H28F4N6O3. The third kappa shape index (κ3) is 5.71. The van der Waals surface area contributed by atoms with Gasteiger partial charge in [0.15, 0.2) is 5.69 Å². The smallest absolute Gasteiger partial charge is 0.339 e. The van der Waals surface area contributed by atoms with E-state index in [9.17, 15) is 37.2 Å². The third-order valence-corrected chi connectivity index (χ3v) is 8.48. The Morgan fingerprint density at radius 3 is 2.43 bits per heavy atom. The molecule has 0 aliphatic carbocycles. The fraction of sp³-hybridized carbons (Fsp3) is 0.265. The van der Waals surface area contributed by atoms with Crippen LogP contribution in [0.15, 0.2) is 78.9 Å². The number of nitriles is 1. The van der Waals surface area contributed by atoms with Crippen LogP contribution in [0, 0.1) is 17.1 Å². The van der Waals surface area contributed by atoms with E-state index < -0.39 is 53.3 Å². The van der Waals surface area contributed by atoms with Crippen molar-refractivity contribution in [2.45, 2.75) is 43.9 Å². The lowest BCUT2D eigenvalue weighted by Crippen LogP contribution is -2.55. The number of likely N-dealkylation sites (N-methyl/N-ethyl adjacent to an activating group) is 1. The van der Waals surface area contributed by atoms with Gasteiger partial charge in [0.25, 0.3) is 17.7 Å². The van der Waals surface area contributed by atoms with Crippen LogP contribution in [-0.2, 0) is 11.0 Å². The molecule has 6 rings (SSSR count). The topological polar surface area (TPSA) is 111 Å². The Labute approximate surface area is 267 Å². The van der Waals surface area contributed by atoms with Crippen molar-refractivity contribution in [1.29, 1.82) is 5.26 Å². The predicted octanol–water partition coefficient (Wildman–Crippen LogP) is 5.46. The van der Waals surface area contributed by atoms with Crippen molar-refractivity contribution < 1.29 is 31.9 Å². The number of para-hydroxylation sites is 1. The maximum absolute atomic E-state index is 14.4. The molecule has 1 fully saturated rings. The number of carbonyl (C=O) groups excluding carboxylic acids is 3. The average Bonchev–Trinajstić information content (AvgIpc) is 3.71. The van der Waals surface area contributed by atoms with Gasteiger partial charge in [-0.2, -0.15) is 23.5 Å². The van der Waals surface area contributed by atoms with Gasteiger partial charge in [-0.05, 0) is 67.8 Å². The molecule has 1 N–H and O–H groups in total. The summed E-state index contributed by atoms with van der Waals surface area (Å²) in [6.45, 7) is 2.08. The minimum atomic E-state index is -4.71. The van der Waals surface area contributed by atoms with Crippen molar-refractivity contribution in [1.82, 2.24) is 20.0 Å². The van der Waals surface area contributed by atoms with Crippen LogP contribution < -0.4 is 10.2 Å². The predicted molar refractivity (Wildman–Crippen MR) is 162 cm³/mol. The van der Waals surface area contributed by atoms with E-state index in [4.69, 9.17) is 5.10 Å². The number of nitrogens with zero attached hydrogens (tertiary/aromatic N) is 5. The highest BCUT2D eigenvalue weighted by molar-refractivity contribution is 6.07. The summed E-state index contributed by atoms with van der Waals surface area (Å²) >= 11 is 0. The zero-order chi connectivity index (χ0) is 33.5. The van der Waals surface area contributed by atoms with Crippen LogP contribution in [0.25, 0.3) is 5.69 Å². The van der Waals surface area contributed by atoms with E-state index in [0.717, 1.165) is 12.1 Å². The maximum Gasteiger partial charge on any atom is 0.416 e. The van der Waals surface area contributed by atoms with Gasteiger partial charge in [0.2, 0.25) is 0 Å². The Bertz CT molecular complexity index is 1880. The van der Waals surface area contributed by atoms with E-state index >= 15 is 0 Å². The number of aromatic nitrogens is 2. The van der Waals surface area contributed by atoms with Gasteiger partial charge in [-0.1, -0.05) is 36.4 Å². The van der Waals surface area contributed by atoms with Gasteiger partial charge >= 0.3 is 6.18 Å². The van der Waals surface area contributed by atoms with Crippen molar-refractivity contribution in [2.75, 3.05) is 18.0 Å². The van der Waals surface area contributed by atoms with Gasteiger partial charge in [0, 0.05) is 30.1 Å². The van der Waals surface area contributed by atoms with Crippen molar-refractivity contribution >= 4 is 23.5 Å². The average molecular weight is 645 g/mol. The highest BCUT2D eigenvalue weighted by Gasteiger charge is 2.48. The minimum Gasteiger partial charge on any atom is -0.339 e. The van der Waals surface area contributed by atoms with Crippen molar-refractivity contribution in [3.8, 4) is 11.8 Å². The Hall–Kier alpha value is -5.51. The third-order valence-electron chi connectivity index (χ3n) is 8.48. The first-order valence-corrected chi connectivity index (χ1v) is 15.0. The molecule has 0 unspecified atom stereocenters. The summed E-state index contributed by atoms with van der Waals surface area (Å²) < 4.78 is 56.1. The molecule has 0 saturated carbocycles. The number of likely N-dealkylation sites (tertiary alicyclic amines) is 1. The molecule has 2 aliphatic rings. The number of fused-ring (bicyclic) bond motifs is 1. The van der Waals surface area contributed by atoms with Gasteiger partial charge in [0.05, 0.1) is 17.3 Å². The van der Waals surface area contributed by atoms with Crippen LogP contribution in [0.4, 0.5) is 23.4 Å². The van der Waals surface area contributed by atoms with E-state index in [1.807, 2.05) is 0 Å². The van der Waals surface area contributed by atoms with Crippen molar-refractivity contribution in [3.05, 3.63) is 113 Å². The Morgan fingerprint density at radius 2 is 1.77 bits per heavy atom. The van der Waals surface area contributed by atoms with Gasteiger partial charge in [-0.25, -0.2) is 9.07 Å². The first-order valence-electron chi connectivity index (χ1n) is 15.0. The fourth-order valence-electron chi connectivity index (χ4n) is 6.28. The Morgan fingerprint density at radius 1 is 1.04 bits per heavy atom. The molecule has 0 spiro atoms. The van der Waals surface area contributed by atoms with Crippen LogP contribution in [0.2, 0.25) is 0 Å². The highest BCUT2D eigenvalue weighted by atomic mass is 19.4. The summed E-state index contributed by atoms with van der Waals surface area (Å²) in [5, 5.41) is 17.1. The number of halogens is 4. The number of hydrogen-bond donors (Lipinski definition) is 1. The highest BCUT2D eigenvalue weighted by Crippen LogP contribution is 2.44. The summed E-state index contributed by atoms with van der Waals surface area (Å²) in [5.41, 5.74) is -0.302. The van der Waals surface area contributed by atoms with Gasteiger partial charge in [-0.3, -0.25) is 19.3 Å². The molecule has 3 atom stereocenters. The SMILES string of the molecule is CCN1C(=O)[C@@H](NC(=O)c2cccc(C(F)(F)F)c2)[C@@H](c2ccc(F)cc2)c2c(C(=O)N3CCC[C@H]3C#N)nn(-c3ccccc3)c21. The fourth-order valence-corrected chi connectivity index (χ4v) is 6.28. The molecule has 13 heteroatoms.